The van der Waals surface area contributed by atoms with Crippen LogP contribution in [0.3, 0.4) is 0 Å². The lowest BCUT2D eigenvalue weighted by Gasteiger charge is -2.48. The molecule has 2 heterocycles. The normalized spacial score (nSPS) is 18.8. The second kappa shape index (κ2) is 16.5. The second-order valence-corrected chi connectivity index (χ2v) is 17.5. The summed E-state index contributed by atoms with van der Waals surface area (Å²) in [5.74, 6) is 1.17. The van der Waals surface area contributed by atoms with Crippen LogP contribution in [0.25, 0.3) is 5.57 Å². The number of rotatable bonds is 12. The third kappa shape index (κ3) is 9.17. The molecule has 1 N–H and O–H groups in total. The van der Waals surface area contributed by atoms with Crippen molar-refractivity contribution >= 4 is 75.6 Å². The van der Waals surface area contributed by atoms with E-state index in [1.807, 2.05) is 79.4 Å². The summed E-state index contributed by atoms with van der Waals surface area (Å²) < 4.78 is 15.9. The van der Waals surface area contributed by atoms with Crippen molar-refractivity contribution in [2.45, 2.75) is 80.9 Å². The topological polar surface area (TPSA) is 80.3 Å². The van der Waals surface area contributed by atoms with E-state index >= 15 is 0 Å². The van der Waals surface area contributed by atoms with Gasteiger partial charge in [-0.15, -0.1) is 0 Å². The molecule has 0 aromatic heterocycles. The van der Waals surface area contributed by atoms with Crippen LogP contribution in [0.2, 0.25) is 10.0 Å². The standard InChI is InChI=1S/C40H44Cl5N3O5/c1-24-19-33(42)35(20-25(24)2)52-18-17-51-30-13-9-26(10-14-30)31-21-29-22-46-23-34(48(29)38(50)53-39(3,4)40(43,44)45)36(31)37(49)47(28-11-12-28)16-15-27-7-5-6-8-32(27)41/h5-10,13-14,19-20,28-29,34,46H,11-12,15-18,21-23H2,1-4H3. The molecule has 0 spiro atoms. The number of aryl methyl sites for hydroxylation is 2. The summed E-state index contributed by atoms with van der Waals surface area (Å²) in [5, 5.41) is 4.67. The fourth-order valence-corrected chi connectivity index (χ4v) is 7.43. The molecular formula is C40H44Cl5N3O5. The Balaban J connectivity index is 1.27. The van der Waals surface area contributed by atoms with Gasteiger partial charge in [-0.3, -0.25) is 9.69 Å². The smallest absolute Gasteiger partial charge is 0.411 e. The van der Waals surface area contributed by atoms with E-state index in [0.717, 1.165) is 40.7 Å². The first kappa shape index (κ1) is 39.8. The van der Waals surface area contributed by atoms with Gasteiger partial charge in [0.25, 0.3) is 5.91 Å². The van der Waals surface area contributed by atoms with Gasteiger partial charge in [0.15, 0.2) is 5.60 Å². The highest BCUT2D eigenvalue weighted by molar-refractivity contribution is 6.68. The minimum absolute atomic E-state index is 0.105. The maximum atomic E-state index is 14.9. The predicted molar refractivity (Wildman–Crippen MR) is 213 cm³/mol. The molecule has 284 valence electrons. The van der Waals surface area contributed by atoms with E-state index in [1.54, 1.807) is 18.7 Å². The maximum Gasteiger partial charge on any atom is 0.411 e. The first-order valence-electron chi connectivity index (χ1n) is 17.8. The van der Waals surface area contributed by atoms with Crippen molar-refractivity contribution in [3.05, 3.63) is 98.5 Å². The molecule has 2 fully saturated rings. The van der Waals surface area contributed by atoms with Crippen LogP contribution in [0.1, 0.15) is 55.4 Å². The molecule has 53 heavy (non-hydrogen) atoms. The van der Waals surface area contributed by atoms with E-state index in [0.29, 0.717) is 72.8 Å². The van der Waals surface area contributed by atoms with Crippen molar-refractivity contribution in [2.24, 2.45) is 0 Å². The van der Waals surface area contributed by atoms with E-state index in [2.05, 4.69) is 5.32 Å². The SMILES string of the molecule is Cc1cc(Cl)c(OCCOc2ccc(C3=C(C(=O)N(CCc4ccccc4Cl)C4CC4)C4CNCC(C3)N4C(=O)OC(C)(C)C(Cl)(Cl)Cl)cc2)cc1C. The van der Waals surface area contributed by atoms with Crippen molar-refractivity contribution in [3.8, 4) is 11.5 Å². The van der Waals surface area contributed by atoms with Gasteiger partial charge >= 0.3 is 6.09 Å². The van der Waals surface area contributed by atoms with Gasteiger partial charge in [-0.05, 0) is 112 Å². The predicted octanol–water partition coefficient (Wildman–Crippen LogP) is 9.39. The third-order valence-electron chi connectivity index (χ3n) is 10.2. The lowest BCUT2D eigenvalue weighted by molar-refractivity contribution is -0.128. The quantitative estimate of drug-likeness (QED) is 0.145. The van der Waals surface area contributed by atoms with Crippen LogP contribution in [-0.4, -0.2) is 82.2 Å². The number of ether oxygens (including phenoxy) is 3. The van der Waals surface area contributed by atoms with Crippen LogP contribution in [0.4, 0.5) is 4.79 Å². The Hall–Kier alpha value is -2.85. The summed E-state index contributed by atoms with van der Waals surface area (Å²) >= 11 is 31.5. The molecule has 1 saturated carbocycles. The van der Waals surface area contributed by atoms with Crippen molar-refractivity contribution < 1.29 is 23.8 Å². The highest BCUT2D eigenvalue weighted by Gasteiger charge is 2.50. The van der Waals surface area contributed by atoms with Crippen molar-refractivity contribution in [3.63, 3.8) is 0 Å². The summed E-state index contributed by atoms with van der Waals surface area (Å²) in [6.07, 6.45) is 2.21. The molecule has 3 aliphatic rings. The molecule has 2 atom stereocenters. The Labute approximate surface area is 336 Å². The summed E-state index contributed by atoms with van der Waals surface area (Å²) in [6.45, 7) is 9.12. The highest BCUT2D eigenvalue weighted by Crippen LogP contribution is 2.43. The van der Waals surface area contributed by atoms with Gasteiger partial charge in [0.2, 0.25) is 3.79 Å². The van der Waals surface area contributed by atoms with Gasteiger partial charge in [-0.2, -0.15) is 0 Å². The summed E-state index contributed by atoms with van der Waals surface area (Å²) in [4.78, 5) is 32.5. The number of amides is 2. The molecule has 1 saturated heterocycles. The van der Waals surface area contributed by atoms with Gasteiger partial charge in [0.1, 0.15) is 24.7 Å². The van der Waals surface area contributed by atoms with E-state index < -0.39 is 21.5 Å². The number of hydrogen-bond acceptors (Lipinski definition) is 6. The van der Waals surface area contributed by atoms with Gasteiger partial charge in [0, 0.05) is 36.3 Å². The molecule has 2 unspecified atom stereocenters. The molecule has 13 heteroatoms. The molecule has 0 radical (unpaired) electrons. The van der Waals surface area contributed by atoms with Crippen molar-refractivity contribution in [1.82, 2.24) is 15.1 Å². The monoisotopic (exact) mass is 821 g/mol. The number of carbonyl (C=O) groups excluding carboxylic acids is 2. The molecule has 3 aromatic rings. The maximum absolute atomic E-state index is 14.9. The lowest BCUT2D eigenvalue weighted by Crippen LogP contribution is -2.64. The average molecular weight is 824 g/mol. The minimum Gasteiger partial charge on any atom is -0.490 e. The van der Waals surface area contributed by atoms with Crippen molar-refractivity contribution in [1.29, 1.82) is 0 Å². The Kier molecular flexibility index (Phi) is 12.4. The van der Waals surface area contributed by atoms with Gasteiger partial charge in [0.05, 0.1) is 17.1 Å². The van der Waals surface area contributed by atoms with E-state index in [1.165, 1.54) is 0 Å². The fourth-order valence-electron chi connectivity index (χ4n) is 6.81. The Morgan fingerprint density at radius 1 is 0.906 bits per heavy atom. The van der Waals surface area contributed by atoms with E-state index in [-0.39, 0.29) is 18.0 Å². The van der Waals surface area contributed by atoms with Crippen LogP contribution < -0.4 is 14.8 Å². The zero-order valence-corrected chi connectivity index (χ0v) is 34.0. The Morgan fingerprint density at radius 2 is 1.58 bits per heavy atom. The van der Waals surface area contributed by atoms with Crippen LogP contribution in [0.5, 0.6) is 11.5 Å². The van der Waals surface area contributed by atoms with Crippen LogP contribution >= 0.6 is 58.0 Å². The highest BCUT2D eigenvalue weighted by atomic mass is 35.6. The van der Waals surface area contributed by atoms with Crippen molar-refractivity contribution in [2.75, 3.05) is 32.8 Å². The van der Waals surface area contributed by atoms with Crippen LogP contribution in [-0.2, 0) is 16.0 Å². The van der Waals surface area contributed by atoms with E-state index in [9.17, 15) is 9.59 Å². The number of piperazine rings is 1. The number of alkyl halides is 3. The summed E-state index contributed by atoms with van der Waals surface area (Å²) in [6, 6.07) is 18.4. The number of carbonyl (C=O) groups is 2. The number of fused-ring (bicyclic) bond motifs is 2. The molecule has 2 bridgehead atoms. The first-order valence-corrected chi connectivity index (χ1v) is 19.7. The average Bonchev–Trinajstić information content (AvgIpc) is 3.94. The third-order valence-corrected chi connectivity index (χ3v) is 12.2. The number of hydrogen-bond donors (Lipinski definition) is 1. The number of benzene rings is 3. The number of halogens is 5. The molecule has 2 aliphatic heterocycles. The lowest BCUT2D eigenvalue weighted by atomic mass is 9.82. The zero-order chi connectivity index (χ0) is 38.1. The zero-order valence-electron chi connectivity index (χ0n) is 30.2. The molecule has 3 aromatic carbocycles. The van der Waals surface area contributed by atoms with Gasteiger partial charge < -0.3 is 24.4 Å². The van der Waals surface area contributed by atoms with Gasteiger partial charge in [-0.25, -0.2) is 4.79 Å². The molecule has 8 nitrogen and oxygen atoms in total. The number of nitrogens with zero attached hydrogens (tertiary/aromatic N) is 2. The molecule has 6 rings (SSSR count). The molecular weight excluding hydrogens is 780 g/mol. The number of nitrogens with one attached hydrogen (secondary N) is 1. The molecule has 1 aliphatic carbocycles. The summed E-state index contributed by atoms with van der Waals surface area (Å²) in [5.41, 5.74) is 4.07. The summed E-state index contributed by atoms with van der Waals surface area (Å²) in [7, 11) is 0. The fraction of sp³-hybridized carbons (Fsp3) is 0.450. The second-order valence-electron chi connectivity index (χ2n) is 14.4. The van der Waals surface area contributed by atoms with Gasteiger partial charge in [-0.1, -0.05) is 88.3 Å². The first-order chi connectivity index (χ1) is 25.1. The van der Waals surface area contributed by atoms with Crippen LogP contribution in [0, 0.1) is 13.8 Å². The molecule has 2 amide bonds. The van der Waals surface area contributed by atoms with Crippen LogP contribution in [0.15, 0.2) is 66.2 Å². The Morgan fingerprint density at radius 3 is 2.26 bits per heavy atom. The largest absolute Gasteiger partial charge is 0.490 e. The van der Waals surface area contributed by atoms with E-state index in [4.69, 9.17) is 72.2 Å². The Bertz CT molecular complexity index is 1860. The minimum atomic E-state index is -1.87.